The van der Waals surface area contributed by atoms with E-state index in [1.165, 1.54) is 30.4 Å². The van der Waals surface area contributed by atoms with E-state index in [2.05, 4.69) is 20.8 Å². The van der Waals surface area contributed by atoms with Crippen LogP contribution in [0.2, 0.25) is 0 Å². The van der Waals surface area contributed by atoms with Gasteiger partial charge in [0.1, 0.15) is 5.82 Å². The van der Waals surface area contributed by atoms with Crippen LogP contribution in [0.3, 0.4) is 0 Å². The zero-order valence-corrected chi connectivity index (χ0v) is 16.7. The fraction of sp³-hybridized carbons (Fsp3) is 0.143. The van der Waals surface area contributed by atoms with Crippen molar-refractivity contribution in [3.8, 4) is 11.3 Å². The summed E-state index contributed by atoms with van der Waals surface area (Å²) in [6.45, 7) is 1.45. The van der Waals surface area contributed by atoms with Crippen LogP contribution in [0.1, 0.15) is 18.9 Å². The Hall–Kier alpha value is -3.59. The highest BCUT2D eigenvalue weighted by atomic mass is 32.1. The van der Waals surface area contributed by atoms with E-state index in [0.29, 0.717) is 27.8 Å². The van der Waals surface area contributed by atoms with Crippen molar-refractivity contribution in [2.75, 3.05) is 10.6 Å². The number of anilines is 2. The van der Waals surface area contributed by atoms with Gasteiger partial charge in [-0.05, 0) is 24.3 Å². The van der Waals surface area contributed by atoms with Gasteiger partial charge in [-0.2, -0.15) is 0 Å². The predicted octanol–water partition coefficient (Wildman–Crippen LogP) is 4.04. The third-order valence-electron chi connectivity index (χ3n) is 4.35. The molecule has 2 aromatic carbocycles. The maximum atomic E-state index is 13.4. The fourth-order valence-corrected chi connectivity index (χ4v) is 3.66. The highest BCUT2D eigenvalue weighted by molar-refractivity contribution is 7.14. The first kappa shape index (κ1) is 19.7. The van der Waals surface area contributed by atoms with Crippen LogP contribution in [-0.4, -0.2) is 28.6 Å². The minimum absolute atomic E-state index is 0.139. The van der Waals surface area contributed by atoms with Crippen molar-refractivity contribution in [3.05, 3.63) is 65.3 Å². The van der Waals surface area contributed by atoms with E-state index < -0.39 is 6.10 Å². The molecule has 1 aliphatic rings. The lowest BCUT2D eigenvalue weighted by Crippen LogP contribution is -2.28. The molecule has 4 rings (SSSR count). The van der Waals surface area contributed by atoms with Crippen molar-refractivity contribution in [2.45, 2.75) is 19.4 Å². The molecule has 9 heteroatoms. The van der Waals surface area contributed by atoms with Crippen LogP contribution in [0, 0.1) is 5.82 Å². The van der Waals surface area contributed by atoms with Crippen LogP contribution < -0.4 is 10.6 Å². The van der Waals surface area contributed by atoms with E-state index in [1.54, 1.807) is 24.3 Å². The van der Waals surface area contributed by atoms with Gasteiger partial charge >= 0.3 is 0 Å². The average molecular weight is 424 g/mol. The van der Waals surface area contributed by atoms with Gasteiger partial charge in [-0.3, -0.25) is 14.9 Å². The number of amides is 2. The Balaban J connectivity index is 1.37. The molecule has 0 radical (unpaired) electrons. The summed E-state index contributed by atoms with van der Waals surface area (Å²) >= 11 is 1.29. The Labute approximate surface area is 175 Å². The van der Waals surface area contributed by atoms with E-state index in [4.69, 9.17) is 4.84 Å². The number of hydrogen-bond donors (Lipinski definition) is 2. The maximum Gasteiger partial charge on any atom is 0.270 e. The average Bonchev–Trinajstić information content (AvgIpc) is 3.38. The number of nitrogens with zero attached hydrogens (tertiary/aromatic N) is 2. The highest BCUT2D eigenvalue weighted by Gasteiger charge is 2.29. The number of benzene rings is 2. The van der Waals surface area contributed by atoms with Crippen molar-refractivity contribution in [1.29, 1.82) is 0 Å². The molecular weight excluding hydrogens is 407 g/mol. The van der Waals surface area contributed by atoms with Crippen molar-refractivity contribution in [1.82, 2.24) is 4.98 Å². The molecule has 2 heterocycles. The minimum Gasteiger partial charge on any atom is -0.382 e. The number of aromatic nitrogens is 1. The van der Waals surface area contributed by atoms with Crippen molar-refractivity contribution >= 4 is 39.7 Å². The number of thiazole rings is 1. The van der Waals surface area contributed by atoms with E-state index in [1.807, 2.05) is 17.5 Å². The molecule has 1 aliphatic heterocycles. The smallest absolute Gasteiger partial charge is 0.270 e. The SMILES string of the molecule is CC(=O)Nc1ccc(-c2csc(NC(=O)C3CC(c4cccc(F)c4)=NO3)n2)cc1. The van der Waals surface area contributed by atoms with Crippen molar-refractivity contribution in [3.63, 3.8) is 0 Å². The van der Waals surface area contributed by atoms with Crippen LogP contribution >= 0.6 is 11.3 Å². The van der Waals surface area contributed by atoms with Crippen molar-refractivity contribution in [2.24, 2.45) is 5.16 Å². The number of rotatable bonds is 5. The van der Waals surface area contributed by atoms with E-state index in [0.717, 1.165) is 5.56 Å². The summed E-state index contributed by atoms with van der Waals surface area (Å²) < 4.78 is 13.4. The lowest BCUT2D eigenvalue weighted by molar-refractivity contribution is -0.125. The fourth-order valence-electron chi connectivity index (χ4n) is 2.93. The number of halogens is 1. The Morgan fingerprint density at radius 3 is 2.67 bits per heavy atom. The van der Waals surface area contributed by atoms with E-state index >= 15 is 0 Å². The standard InChI is InChI=1S/C21H17FN4O3S/c1-12(27)23-16-7-5-13(6-8-16)18-11-30-21(24-18)25-20(28)19-10-17(26-29-19)14-3-2-4-15(22)9-14/h2-9,11,19H,10H2,1H3,(H,23,27)(H,24,25,28). The topological polar surface area (TPSA) is 92.7 Å². The van der Waals surface area contributed by atoms with Crippen LogP contribution in [-0.2, 0) is 14.4 Å². The number of hydrogen-bond acceptors (Lipinski definition) is 6. The molecule has 1 atom stereocenters. The molecule has 0 spiro atoms. The third-order valence-corrected chi connectivity index (χ3v) is 5.11. The van der Waals surface area contributed by atoms with Gasteiger partial charge in [-0.25, -0.2) is 9.37 Å². The first-order valence-corrected chi connectivity index (χ1v) is 9.99. The second-order valence-electron chi connectivity index (χ2n) is 6.63. The van der Waals surface area contributed by atoms with Gasteiger partial charge in [0.2, 0.25) is 12.0 Å². The summed E-state index contributed by atoms with van der Waals surface area (Å²) in [5.41, 5.74) is 3.36. The van der Waals surface area contributed by atoms with Gasteiger partial charge in [0.25, 0.3) is 5.91 Å². The monoisotopic (exact) mass is 424 g/mol. The Morgan fingerprint density at radius 1 is 1.13 bits per heavy atom. The largest absolute Gasteiger partial charge is 0.382 e. The quantitative estimate of drug-likeness (QED) is 0.647. The highest BCUT2D eigenvalue weighted by Crippen LogP contribution is 2.27. The third kappa shape index (κ3) is 4.52. The second-order valence-corrected chi connectivity index (χ2v) is 7.49. The van der Waals surface area contributed by atoms with Gasteiger partial charge in [-0.15, -0.1) is 11.3 Å². The number of oxime groups is 1. The number of carbonyl (C=O) groups excluding carboxylic acids is 2. The van der Waals surface area contributed by atoms with E-state index in [-0.39, 0.29) is 24.1 Å². The molecule has 0 saturated heterocycles. The summed E-state index contributed by atoms with van der Waals surface area (Å²) in [6.07, 6.45) is -0.550. The maximum absolute atomic E-state index is 13.4. The van der Waals surface area contributed by atoms with Crippen LogP contribution in [0.5, 0.6) is 0 Å². The summed E-state index contributed by atoms with van der Waals surface area (Å²) in [5.74, 6) is -0.879. The minimum atomic E-state index is -0.799. The number of nitrogens with one attached hydrogen (secondary N) is 2. The van der Waals surface area contributed by atoms with E-state index in [9.17, 15) is 14.0 Å². The van der Waals surface area contributed by atoms with Gasteiger partial charge in [-0.1, -0.05) is 29.4 Å². The molecule has 3 aromatic rings. The molecule has 0 aliphatic carbocycles. The summed E-state index contributed by atoms with van der Waals surface area (Å²) in [4.78, 5) is 33.3. The van der Waals surface area contributed by atoms with Crippen LogP contribution in [0.15, 0.2) is 59.1 Å². The second kappa shape index (κ2) is 8.42. The molecule has 7 nitrogen and oxygen atoms in total. The van der Waals surface area contributed by atoms with Gasteiger partial charge < -0.3 is 10.2 Å². The molecule has 1 unspecified atom stereocenters. The Kier molecular flexibility index (Phi) is 5.53. The number of carbonyl (C=O) groups is 2. The summed E-state index contributed by atoms with van der Waals surface area (Å²) in [5, 5.41) is 11.6. The molecule has 30 heavy (non-hydrogen) atoms. The first-order valence-electron chi connectivity index (χ1n) is 9.11. The van der Waals surface area contributed by atoms with Gasteiger partial charge in [0.15, 0.2) is 5.13 Å². The molecular formula is C21H17FN4O3S. The Bertz CT molecular complexity index is 1130. The molecule has 2 amide bonds. The normalized spacial score (nSPS) is 15.3. The zero-order valence-electron chi connectivity index (χ0n) is 15.9. The van der Waals surface area contributed by atoms with Crippen LogP contribution in [0.25, 0.3) is 11.3 Å². The predicted molar refractivity (Wildman–Crippen MR) is 113 cm³/mol. The molecule has 0 bridgehead atoms. The summed E-state index contributed by atoms with van der Waals surface area (Å²) in [7, 11) is 0. The van der Waals surface area contributed by atoms with Crippen LogP contribution in [0.4, 0.5) is 15.2 Å². The van der Waals surface area contributed by atoms with Gasteiger partial charge in [0.05, 0.1) is 11.4 Å². The molecule has 152 valence electrons. The Morgan fingerprint density at radius 2 is 1.93 bits per heavy atom. The van der Waals surface area contributed by atoms with Gasteiger partial charge in [0, 0.05) is 35.5 Å². The first-order chi connectivity index (χ1) is 14.5. The lowest BCUT2D eigenvalue weighted by Gasteiger charge is -2.07. The molecule has 0 fully saturated rings. The molecule has 0 saturated carbocycles. The summed E-state index contributed by atoms with van der Waals surface area (Å²) in [6, 6.07) is 13.2. The molecule has 2 N–H and O–H groups in total. The zero-order chi connectivity index (χ0) is 21.1. The van der Waals surface area contributed by atoms with Crippen molar-refractivity contribution < 1.29 is 18.8 Å². The molecule has 1 aromatic heterocycles. The lowest BCUT2D eigenvalue weighted by atomic mass is 10.0.